The molecule has 1 heterocycles. The molecular weight excluding hydrogens is 181 g/mol. The second kappa shape index (κ2) is 3.08. The van der Waals surface area contributed by atoms with Crippen LogP contribution in [0.4, 0.5) is 4.39 Å². The van der Waals surface area contributed by atoms with Crippen molar-refractivity contribution in [1.82, 2.24) is 0 Å². The molecule has 0 amide bonds. The van der Waals surface area contributed by atoms with Crippen LogP contribution in [0.5, 0.6) is 0 Å². The SMILES string of the molecule is CC1=NC(C)(c2ccc(F)cc2)CO1. The summed E-state index contributed by atoms with van der Waals surface area (Å²) in [7, 11) is 0. The standard InChI is InChI=1S/C11H12FNO/c1-8-13-11(2,7-14-8)9-3-5-10(12)6-4-9/h3-6H,7H2,1-2H3. The first kappa shape index (κ1) is 9.19. The summed E-state index contributed by atoms with van der Waals surface area (Å²) in [6.07, 6.45) is 0. The molecule has 0 fully saturated rings. The van der Waals surface area contributed by atoms with Gasteiger partial charge in [-0.3, -0.25) is 0 Å². The normalized spacial score (nSPS) is 25.8. The molecule has 0 saturated heterocycles. The van der Waals surface area contributed by atoms with Crippen LogP contribution in [0, 0.1) is 5.82 Å². The summed E-state index contributed by atoms with van der Waals surface area (Å²) < 4.78 is 18.0. The van der Waals surface area contributed by atoms with Crippen LogP contribution >= 0.6 is 0 Å². The molecule has 0 aromatic heterocycles. The molecule has 2 rings (SSSR count). The molecule has 1 aliphatic rings. The minimum absolute atomic E-state index is 0.225. The molecule has 3 heteroatoms. The molecule has 1 unspecified atom stereocenters. The van der Waals surface area contributed by atoms with Gasteiger partial charge in [0.15, 0.2) is 5.90 Å². The first-order valence-corrected chi connectivity index (χ1v) is 4.55. The van der Waals surface area contributed by atoms with Gasteiger partial charge in [0.25, 0.3) is 0 Å². The lowest BCUT2D eigenvalue weighted by Crippen LogP contribution is -2.20. The molecule has 2 nitrogen and oxygen atoms in total. The molecule has 0 N–H and O–H groups in total. The second-order valence-electron chi connectivity index (χ2n) is 3.70. The predicted octanol–water partition coefficient (Wildman–Crippen LogP) is 2.49. The van der Waals surface area contributed by atoms with E-state index in [1.807, 2.05) is 13.8 Å². The van der Waals surface area contributed by atoms with Gasteiger partial charge in [-0.25, -0.2) is 9.38 Å². The molecule has 1 aromatic rings. The number of benzene rings is 1. The number of aliphatic imine (C=N–C) groups is 1. The molecule has 1 aromatic carbocycles. The average Bonchev–Trinajstić information content (AvgIpc) is 2.48. The van der Waals surface area contributed by atoms with Crippen LogP contribution in [-0.2, 0) is 10.3 Å². The fourth-order valence-corrected chi connectivity index (χ4v) is 1.61. The van der Waals surface area contributed by atoms with Crippen molar-refractivity contribution in [1.29, 1.82) is 0 Å². The van der Waals surface area contributed by atoms with Gasteiger partial charge < -0.3 is 4.74 Å². The molecule has 0 saturated carbocycles. The van der Waals surface area contributed by atoms with Crippen molar-refractivity contribution in [3.8, 4) is 0 Å². The highest BCUT2D eigenvalue weighted by Crippen LogP contribution is 2.30. The Balaban J connectivity index is 2.35. The lowest BCUT2D eigenvalue weighted by molar-refractivity contribution is 0.267. The van der Waals surface area contributed by atoms with E-state index >= 15 is 0 Å². The Morgan fingerprint density at radius 3 is 2.50 bits per heavy atom. The summed E-state index contributed by atoms with van der Waals surface area (Å²) in [4.78, 5) is 4.39. The highest BCUT2D eigenvalue weighted by molar-refractivity contribution is 5.75. The van der Waals surface area contributed by atoms with E-state index in [0.29, 0.717) is 12.5 Å². The van der Waals surface area contributed by atoms with Crippen LogP contribution in [0.25, 0.3) is 0 Å². The Hall–Kier alpha value is -1.38. The number of rotatable bonds is 1. The molecule has 0 radical (unpaired) electrons. The van der Waals surface area contributed by atoms with Gasteiger partial charge in [0, 0.05) is 6.92 Å². The largest absolute Gasteiger partial charge is 0.478 e. The third kappa shape index (κ3) is 1.50. The molecule has 0 spiro atoms. The van der Waals surface area contributed by atoms with Crippen LogP contribution < -0.4 is 0 Å². The number of hydrogen-bond acceptors (Lipinski definition) is 2. The highest BCUT2D eigenvalue weighted by Gasteiger charge is 2.31. The third-order valence-corrected chi connectivity index (χ3v) is 2.43. The van der Waals surface area contributed by atoms with Crippen molar-refractivity contribution < 1.29 is 9.13 Å². The molecule has 1 aliphatic heterocycles. The van der Waals surface area contributed by atoms with Gasteiger partial charge in [0.1, 0.15) is 18.0 Å². The van der Waals surface area contributed by atoms with E-state index in [-0.39, 0.29) is 11.4 Å². The maximum absolute atomic E-state index is 12.7. The van der Waals surface area contributed by atoms with Gasteiger partial charge in [-0.1, -0.05) is 12.1 Å². The van der Waals surface area contributed by atoms with Crippen LogP contribution in [0.3, 0.4) is 0 Å². The summed E-state index contributed by atoms with van der Waals surface area (Å²) in [5, 5.41) is 0. The van der Waals surface area contributed by atoms with Crippen LogP contribution in [-0.4, -0.2) is 12.5 Å². The summed E-state index contributed by atoms with van der Waals surface area (Å²) >= 11 is 0. The third-order valence-electron chi connectivity index (χ3n) is 2.43. The lowest BCUT2D eigenvalue weighted by Gasteiger charge is -2.18. The second-order valence-corrected chi connectivity index (χ2v) is 3.70. The lowest BCUT2D eigenvalue weighted by atomic mass is 9.94. The Kier molecular flexibility index (Phi) is 2.02. The monoisotopic (exact) mass is 193 g/mol. The molecule has 74 valence electrons. The van der Waals surface area contributed by atoms with Crippen LogP contribution in [0.2, 0.25) is 0 Å². The van der Waals surface area contributed by atoms with Gasteiger partial charge in [0.05, 0.1) is 0 Å². The zero-order valence-corrected chi connectivity index (χ0v) is 8.25. The first-order chi connectivity index (χ1) is 6.60. The Labute approximate surface area is 82.4 Å². The van der Waals surface area contributed by atoms with Crippen molar-refractivity contribution in [2.75, 3.05) is 6.61 Å². The van der Waals surface area contributed by atoms with E-state index < -0.39 is 0 Å². The Bertz CT molecular complexity index is 371. The van der Waals surface area contributed by atoms with E-state index in [9.17, 15) is 4.39 Å². The molecular formula is C11H12FNO. The van der Waals surface area contributed by atoms with E-state index in [2.05, 4.69) is 4.99 Å². The zero-order chi connectivity index (χ0) is 10.2. The van der Waals surface area contributed by atoms with Gasteiger partial charge >= 0.3 is 0 Å². The quantitative estimate of drug-likeness (QED) is 0.671. The predicted molar refractivity (Wildman–Crippen MR) is 52.8 cm³/mol. The fourth-order valence-electron chi connectivity index (χ4n) is 1.61. The number of nitrogens with zero attached hydrogens (tertiary/aromatic N) is 1. The molecule has 1 atom stereocenters. The van der Waals surface area contributed by atoms with Crippen molar-refractivity contribution in [3.63, 3.8) is 0 Å². The first-order valence-electron chi connectivity index (χ1n) is 4.55. The fraction of sp³-hybridized carbons (Fsp3) is 0.364. The summed E-state index contributed by atoms with van der Waals surface area (Å²) in [6.45, 7) is 4.34. The molecule has 0 aliphatic carbocycles. The van der Waals surface area contributed by atoms with Crippen molar-refractivity contribution in [2.24, 2.45) is 4.99 Å². The minimum Gasteiger partial charge on any atom is -0.478 e. The molecule has 0 bridgehead atoms. The average molecular weight is 193 g/mol. The summed E-state index contributed by atoms with van der Waals surface area (Å²) in [6, 6.07) is 6.40. The highest BCUT2D eigenvalue weighted by atomic mass is 19.1. The van der Waals surface area contributed by atoms with E-state index in [4.69, 9.17) is 4.74 Å². The van der Waals surface area contributed by atoms with Crippen molar-refractivity contribution in [3.05, 3.63) is 35.6 Å². The smallest absolute Gasteiger partial charge is 0.181 e. The number of hydrogen-bond donors (Lipinski definition) is 0. The van der Waals surface area contributed by atoms with Crippen LogP contribution in [0.1, 0.15) is 19.4 Å². The van der Waals surface area contributed by atoms with E-state index in [1.54, 1.807) is 12.1 Å². The van der Waals surface area contributed by atoms with Gasteiger partial charge in [-0.15, -0.1) is 0 Å². The Morgan fingerprint density at radius 1 is 1.36 bits per heavy atom. The molecule has 14 heavy (non-hydrogen) atoms. The maximum Gasteiger partial charge on any atom is 0.181 e. The van der Waals surface area contributed by atoms with Gasteiger partial charge in [0.2, 0.25) is 0 Å². The topological polar surface area (TPSA) is 21.6 Å². The zero-order valence-electron chi connectivity index (χ0n) is 8.25. The van der Waals surface area contributed by atoms with Gasteiger partial charge in [-0.2, -0.15) is 0 Å². The van der Waals surface area contributed by atoms with E-state index in [0.717, 1.165) is 5.56 Å². The minimum atomic E-state index is -0.349. The number of halogens is 1. The Morgan fingerprint density at radius 2 is 2.00 bits per heavy atom. The van der Waals surface area contributed by atoms with Crippen molar-refractivity contribution >= 4 is 5.90 Å². The van der Waals surface area contributed by atoms with E-state index in [1.165, 1.54) is 12.1 Å². The van der Waals surface area contributed by atoms with Gasteiger partial charge in [-0.05, 0) is 24.6 Å². The number of ether oxygens (including phenoxy) is 1. The summed E-state index contributed by atoms with van der Waals surface area (Å²) in [5.41, 5.74) is 0.633. The summed E-state index contributed by atoms with van der Waals surface area (Å²) in [5.74, 6) is 0.466. The van der Waals surface area contributed by atoms with Crippen molar-refractivity contribution in [2.45, 2.75) is 19.4 Å². The van der Waals surface area contributed by atoms with Crippen LogP contribution in [0.15, 0.2) is 29.3 Å². The maximum atomic E-state index is 12.7.